The molecule has 1 amide bonds. The van der Waals surface area contributed by atoms with E-state index < -0.39 is 0 Å². The number of methoxy groups -OCH3 is 1. The predicted molar refractivity (Wildman–Crippen MR) is 76.0 cm³/mol. The third-order valence-electron chi connectivity index (χ3n) is 3.37. The lowest BCUT2D eigenvalue weighted by Gasteiger charge is -2.13. The Bertz CT molecular complexity index is 446. The first-order valence-electron chi connectivity index (χ1n) is 6.86. The van der Waals surface area contributed by atoms with Gasteiger partial charge in [-0.25, -0.2) is 0 Å². The molecule has 1 aromatic carbocycles. The molecule has 0 atom stereocenters. The topological polar surface area (TPSA) is 41.6 Å². The molecule has 1 heterocycles. The second kappa shape index (κ2) is 6.68. The maximum absolute atomic E-state index is 11.6. The molecule has 0 aromatic heterocycles. The van der Waals surface area contributed by atoms with Gasteiger partial charge in [-0.1, -0.05) is 13.0 Å². The van der Waals surface area contributed by atoms with E-state index in [0.717, 1.165) is 38.3 Å². The number of ether oxygens (including phenoxy) is 1. The number of rotatable bonds is 6. The van der Waals surface area contributed by atoms with Gasteiger partial charge in [0.25, 0.3) is 0 Å². The zero-order valence-corrected chi connectivity index (χ0v) is 11.7. The average Bonchev–Trinajstić information content (AvgIpc) is 2.78. The fraction of sp³-hybridized carbons (Fsp3) is 0.533. The lowest BCUT2D eigenvalue weighted by Crippen LogP contribution is -2.21. The van der Waals surface area contributed by atoms with Crippen molar-refractivity contribution in [3.63, 3.8) is 0 Å². The normalized spacial score (nSPS) is 14.4. The van der Waals surface area contributed by atoms with Gasteiger partial charge in [-0.2, -0.15) is 0 Å². The van der Waals surface area contributed by atoms with Crippen LogP contribution < -0.4 is 5.32 Å². The highest BCUT2D eigenvalue weighted by molar-refractivity contribution is 5.90. The fourth-order valence-electron chi connectivity index (χ4n) is 2.37. The summed E-state index contributed by atoms with van der Waals surface area (Å²) in [4.78, 5) is 13.9. The summed E-state index contributed by atoms with van der Waals surface area (Å²) in [5, 5.41) is 2.95. The van der Waals surface area contributed by atoms with E-state index in [4.69, 9.17) is 4.74 Å². The number of fused-ring (bicyclic) bond motifs is 1. The Morgan fingerprint density at radius 3 is 2.89 bits per heavy atom. The summed E-state index contributed by atoms with van der Waals surface area (Å²) in [5.41, 5.74) is 3.57. The number of carbonyl (C=O) groups excluding carboxylic acids is 1. The summed E-state index contributed by atoms with van der Waals surface area (Å²) in [7, 11) is 1.73. The molecule has 0 fully saturated rings. The molecule has 0 aliphatic carbocycles. The van der Waals surface area contributed by atoms with Crippen LogP contribution in [0.25, 0.3) is 0 Å². The van der Waals surface area contributed by atoms with Crippen molar-refractivity contribution in [1.82, 2.24) is 4.90 Å². The Morgan fingerprint density at radius 1 is 1.37 bits per heavy atom. The van der Waals surface area contributed by atoms with Gasteiger partial charge in [-0.15, -0.1) is 0 Å². The van der Waals surface area contributed by atoms with Crippen LogP contribution >= 0.6 is 0 Å². The molecular weight excluding hydrogens is 240 g/mol. The van der Waals surface area contributed by atoms with Crippen LogP contribution in [0.15, 0.2) is 18.2 Å². The lowest BCUT2D eigenvalue weighted by atomic mass is 10.1. The first-order chi connectivity index (χ1) is 9.22. The fourth-order valence-corrected chi connectivity index (χ4v) is 2.37. The van der Waals surface area contributed by atoms with E-state index in [2.05, 4.69) is 22.3 Å². The van der Waals surface area contributed by atoms with Gasteiger partial charge < -0.3 is 10.1 Å². The molecule has 2 rings (SSSR count). The first-order valence-corrected chi connectivity index (χ1v) is 6.86. The third kappa shape index (κ3) is 3.78. The van der Waals surface area contributed by atoms with Gasteiger partial charge in [0.15, 0.2) is 0 Å². The van der Waals surface area contributed by atoms with Crippen LogP contribution in [0, 0.1) is 0 Å². The lowest BCUT2D eigenvalue weighted by molar-refractivity contribution is -0.116. The molecule has 4 heteroatoms. The SMILES string of the molecule is CCCC(=O)Nc1ccc2c(c1)CN(CCOC)C2. The summed E-state index contributed by atoms with van der Waals surface area (Å²) < 4.78 is 5.11. The van der Waals surface area contributed by atoms with Crippen molar-refractivity contribution >= 4 is 11.6 Å². The minimum absolute atomic E-state index is 0.0942. The van der Waals surface area contributed by atoms with Crippen molar-refractivity contribution in [1.29, 1.82) is 0 Å². The number of benzene rings is 1. The minimum atomic E-state index is 0.0942. The smallest absolute Gasteiger partial charge is 0.224 e. The van der Waals surface area contributed by atoms with Crippen LogP contribution in [-0.4, -0.2) is 31.1 Å². The summed E-state index contributed by atoms with van der Waals surface area (Å²) in [5.74, 6) is 0.0942. The molecule has 1 aliphatic rings. The van der Waals surface area contributed by atoms with Crippen LogP contribution in [0.5, 0.6) is 0 Å². The number of amides is 1. The molecule has 4 nitrogen and oxygen atoms in total. The Balaban J connectivity index is 1.96. The highest BCUT2D eigenvalue weighted by Crippen LogP contribution is 2.25. The van der Waals surface area contributed by atoms with Gasteiger partial charge in [0.05, 0.1) is 6.61 Å². The summed E-state index contributed by atoms with van der Waals surface area (Å²) in [6, 6.07) is 6.20. The van der Waals surface area contributed by atoms with Crippen LogP contribution in [0.3, 0.4) is 0 Å². The van der Waals surface area contributed by atoms with Gasteiger partial charge >= 0.3 is 0 Å². The zero-order chi connectivity index (χ0) is 13.7. The second-order valence-corrected chi connectivity index (χ2v) is 4.99. The van der Waals surface area contributed by atoms with E-state index in [9.17, 15) is 4.79 Å². The van der Waals surface area contributed by atoms with Crippen molar-refractivity contribution in [3.8, 4) is 0 Å². The van der Waals surface area contributed by atoms with Crippen molar-refractivity contribution in [2.45, 2.75) is 32.9 Å². The van der Waals surface area contributed by atoms with Gasteiger partial charge in [0.1, 0.15) is 0 Å². The summed E-state index contributed by atoms with van der Waals surface area (Å²) >= 11 is 0. The van der Waals surface area contributed by atoms with Crippen LogP contribution in [0.1, 0.15) is 30.9 Å². The van der Waals surface area contributed by atoms with Crippen LogP contribution in [0.2, 0.25) is 0 Å². The largest absolute Gasteiger partial charge is 0.383 e. The maximum atomic E-state index is 11.6. The number of anilines is 1. The monoisotopic (exact) mass is 262 g/mol. The molecular formula is C15H22N2O2. The highest BCUT2D eigenvalue weighted by Gasteiger charge is 2.18. The quantitative estimate of drug-likeness (QED) is 0.856. The summed E-state index contributed by atoms with van der Waals surface area (Å²) in [6.07, 6.45) is 1.46. The zero-order valence-electron chi connectivity index (χ0n) is 11.7. The molecule has 19 heavy (non-hydrogen) atoms. The van der Waals surface area contributed by atoms with E-state index in [1.807, 2.05) is 13.0 Å². The number of nitrogens with zero attached hydrogens (tertiary/aromatic N) is 1. The molecule has 1 aliphatic heterocycles. The van der Waals surface area contributed by atoms with Crippen molar-refractivity contribution in [3.05, 3.63) is 29.3 Å². The van der Waals surface area contributed by atoms with Gasteiger partial charge in [0, 0.05) is 38.9 Å². The first kappa shape index (κ1) is 14.0. The molecule has 0 saturated heterocycles. The predicted octanol–water partition coefficient (Wildman–Crippen LogP) is 2.39. The van der Waals surface area contributed by atoms with E-state index in [1.54, 1.807) is 7.11 Å². The van der Waals surface area contributed by atoms with Crippen LogP contribution in [0.4, 0.5) is 5.69 Å². The molecule has 104 valence electrons. The van der Waals surface area contributed by atoms with Crippen LogP contribution in [-0.2, 0) is 22.6 Å². The van der Waals surface area contributed by atoms with Gasteiger partial charge in [-0.3, -0.25) is 9.69 Å². The van der Waals surface area contributed by atoms with Crippen molar-refractivity contribution < 1.29 is 9.53 Å². The maximum Gasteiger partial charge on any atom is 0.224 e. The van der Waals surface area contributed by atoms with Gasteiger partial charge in [0.2, 0.25) is 5.91 Å². The standard InChI is InChI=1S/C15H22N2O2/c1-3-4-15(18)16-14-6-5-12-10-17(7-8-19-2)11-13(12)9-14/h5-6,9H,3-4,7-8,10-11H2,1-2H3,(H,16,18). The van der Waals surface area contributed by atoms with Gasteiger partial charge in [-0.05, 0) is 29.7 Å². The average molecular weight is 262 g/mol. The number of nitrogens with one attached hydrogen (secondary N) is 1. The van der Waals surface area contributed by atoms with Crippen molar-refractivity contribution in [2.75, 3.05) is 25.6 Å². The molecule has 0 radical (unpaired) electrons. The van der Waals surface area contributed by atoms with E-state index in [-0.39, 0.29) is 5.91 Å². The number of hydrogen-bond donors (Lipinski definition) is 1. The molecule has 0 bridgehead atoms. The highest BCUT2D eigenvalue weighted by atomic mass is 16.5. The number of hydrogen-bond acceptors (Lipinski definition) is 3. The molecule has 0 unspecified atom stereocenters. The Labute approximate surface area is 114 Å². The molecule has 0 spiro atoms. The van der Waals surface area contributed by atoms with E-state index in [1.165, 1.54) is 11.1 Å². The van der Waals surface area contributed by atoms with E-state index in [0.29, 0.717) is 6.42 Å². The number of carbonyl (C=O) groups is 1. The Hall–Kier alpha value is -1.39. The van der Waals surface area contributed by atoms with Crippen molar-refractivity contribution in [2.24, 2.45) is 0 Å². The molecule has 1 N–H and O–H groups in total. The molecule has 0 saturated carbocycles. The second-order valence-electron chi connectivity index (χ2n) is 4.99. The van der Waals surface area contributed by atoms with E-state index >= 15 is 0 Å². The molecule has 1 aromatic rings. The minimum Gasteiger partial charge on any atom is -0.383 e. The Morgan fingerprint density at radius 2 is 2.16 bits per heavy atom. The third-order valence-corrected chi connectivity index (χ3v) is 3.37. The summed E-state index contributed by atoms with van der Waals surface area (Å²) in [6.45, 7) is 5.63. The Kier molecular flexibility index (Phi) is 4.93.